The van der Waals surface area contributed by atoms with Gasteiger partial charge in [-0.15, -0.1) is 0 Å². The Balaban J connectivity index is 1.55. The molecule has 27 heavy (non-hydrogen) atoms. The number of nitrogens with one attached hydrogen (secondary N) is 1. The zero-order chi connectivity index (χ0) is 19.0. The van der Waals surface area contributed by atoms with Crippen LogP contribution in [0.4, 0.5) is 13.2 Å². The highest BCUT2D eigenvalue weighted by Gasteiger charge is 2.31. The van der Waals surface area contributed by atoms with Crippen LogP contribution in [-0.2, 0) is 10.9 Å². The molecular weight excluding hydrogens is 357 g/mol. The molecule has 0 bridgehead atoms. The number of hydrogen-bond acceptors (Lipinski definition) is 4. The molecule has 0 amide bonds. The number of benzene rings is 1. The van der Waals surface area contributed by atoms with Gasteiger partial charge in [-0.05, 0) is 43.9 Å². The number of rotatable bonds is 2. The van der Waals surface area contributed by atoms with Gasteiger partial charge in [0.1, 0.15) is 5.49 Å². The van der Waals surface area contributed by atoms with Crippen molar-refractivity contribution < 1.29 is 17.9 Å². The number of halogens is 3. The Kier molecular flexibility index (Phi) is 4.94. The molecule has 1 aliphatic heterocycles. The van der Waals surface area contributed by atoms with Crippen molar-refractivity contribution in [1.82, 2.24) is 14.5 Å². The minimum absolute atomic E-state index is 0.112. The number of nitrogens with zero attached hydrogens (tertiary/aromatic N) is 3. The van der Waals surface area contributed by atoms with Crippen LogP contribution in [0.3, 0.4) is 0 Å². The summed E-state index contributed by atoms with van der Waals surface area (Å²) in [5.74, 6) is 0. The van der Waals surface area contributed by atoms with Crippen molar-refractivity contribution >= 4 is 10.9 Å². The second kappa shape index (κ2) is 7.24. The smallest absolute Gasteiger partial charge is 0.379 e. The molecule has 0 radical (unpaired) electrons. The Bertz CT molecular complexity index is 865. The lowest BCUT2D eigenvalue weighted by Gasteiger charge is -2.39. The highest BCUT2D eigenvalue weighted by molar-refractivity contribution is 5.77. The van der Waals surface area contributed by atoms with Crippen LogP contribution < -0.4 is 5.49 Å². The lowest BCUT2D eigenvalue weighted by atomic mass is 9.89. The number of morpholine rings is 1. The zero-order valence-corrected chi connectivity index (χ0v) is 15.0. The van der Waals surface area contributed by atoms with E-state index in [0.717, 1.165) is 64.1 Å². The van der Waals surface area contributed by atoms with E-state index in [9.17, 15) is 13.2 Å². The number of ether oxygens (including phenoxy) is 1. The first-order valence-corrected chi connectivity index (χ1v) is 9.38. The lowest BCUT2D eigenvalue weighted by Crippen LogP contribution is -2.45. The predicted molar refractivity (Wildman–Crippen MR) is 94.3 cm³/mol. The minimum atomic E-state index is -4.42. The third kappa shape index (κ3) is 3.73. The summed E-state index contributed by atoms with van der Waals surface area (Å²) in [5, 5.41) is 8.70. The standard InChI is InChI=1S/C19H23F3N4O/c20-19(21,22)13-1-6-17-16(11-13)18(23)26(12-24-17)15-4-2-14(3-5-15)25-7-9-27-10-8-25/h1,6,11-12,14-15,23H,2-5,7-10H2. The number of hydrogen-bond donors (Lipinski definition) is 1. The van der Waals surface area contributed by atoms with Crippen LogP contribution >= 0.6 is 0 Å². The van der Waals surface area contributed by atoms with E-state index in [0.29, 0.717) is 11.6 Å². The summed E-state index contributed by atoms with van der Waals surface area (Å²) in [5.41, 5.74) is -0.203. The molecule has 5 nitrogen and oxygen atoms in total. The van der Waals surface area contributed by atoms with Gasteiger partial charge in [0.15, 0.2) is 0 Å². The van der Waals surface area contributed by atoms with Crippen LogP contribution in [0.5, 0.6) is 0 Å². The molecule has 0 atom stereocenters. The Morgan fingerprint density at radius 2 is 1.70 bits per heavy atom. The fourth-order valence-electron chi connectivity index (χ4n) is 4.26. The molecule has 0 spiro atoms. The lowest BCUT2D eigenvalue weighted by molar-refractivity contribution is -0.137. The van der Waals surface area contributed by atoms with Crippen LogP contribution in [0.25, 0.3) is 10.9 Å². The minimum Gasteiger partial charge on any atom is -0.379 e. The third-order valence-corrected chi connectivity index (χ3v) is 5.78. The van der Waals surface area contributed by atoms with E-state index in [1.54, 1.807) is 10.9 Å². The van der Waals surface area contributed by atoms with Crippen LogP contribution in [0.1, 0.15) is 37.3 Å². The topological polar surface area (TPSA) is 54.1 Å². The van der Waals surface area contributed by atoms with Gasteiger partial charge < -0.3 is 9.30 Å². The van der Waals surface area contributed by atoms with Crippen molar-refractivity contribution in [3.8, 4) is 0 Å². The Labute approximate surface area is 155 Å². The molecule has 2 fully saturated rings. The maximum Gasteiger partial charge on any atom is 0.416 e. The van der Waals surface area contributed by atoms with E-state index in [1.165, 1.54) is 6.07 Å². The second-order valence-electron chi connectivity index (χ2n) is 7.34. The van der Waals surface area contributed by atoms with Gasteiger partial charge in [-0.1, -0.05) is 0 Å². The fourth-order valence-corrected chi connectivity index (χ4v) is 4.26. The number of aromatic nitrogens is 2. The summed E-state index contributed by atoms with van der Waals surface area (Å²) in [7, 11) is 0. The fraction of sp³-hybridized carbons (Fsp3) is 0.579. The molecule has 2 heterocycles. The van der Waals surface area contributed by atoms with Crippen LogP contribution in [-0.4, -0.2) is 46.8 Å². The monoisotopic (exact) mass is 380 g/mol. The molecule has 1 saturated heterocycles. The molecule has 4 rings (SSSR count). The van der Waals surface area contributed by atoms with Gasteiger partial charge in [-0.3, -0.25) is 10.3 Å². The Morgan fingerprint density at radius 3 is 2.37 bits per heavy atom. The molecule has 8 heteroatoms. The van der Waals surface area contributed by atoms with Crippen LogP contribution in [0, 0.1) is 5.41 Å². The molecule has 0 unspecified atom stereocenters. The molecule has 2 aromatic rings. The molecule has 146 valence electrons. The van der Waals surface area contributed by atoms with E-state index < -0.39 is 11.7 Å². The molecule has 1 aromatic carbocycles. The highest BCUT2D eigenvalue weighted by Crippen LogP contribution is 2.32. The summed E-state index contributed by atoms with van der Waals surface area (Å²) >= 11 is 0. The summed E-state index contributed by atoms with van der Waals surface area (Å²) in [4.78, 5) is 6.77. The largest absolute Gasteiger partial charge is 0.416 e. The van der Waals surface area contributed by atoms with Crippen molar-refractivity contribution in [3.63, 3.8) is 0 Å². The van der Waals surface area contributed by atoms with Crippen molar-refractivity contribution in [2.24, 2.45) is 0 Å². The van der Waals surface area contributed by atoms with Crippen molar-refractivity contribution in [2.45, 2.75) is 43.9 Å². The van der Waals surface area contributed by atoms with Crippen molar-refractivity contribution in [2.75, 3.05) is 26.3 Å². The SMILES string of the molecule is N=c1c2cc(C(F)(F)F)ccc2ncn1C1CCC(N2CCOCC2)CC1. The molecule has 1 aliphatic carbocycles. The molecule has 1 aromatic heterocycles. The Hall–Kier alpha value is -1.93. The van der Waals surface area contributed by atoms with Gasteiger partial charge in [-0.2, -0.15) is 13.2 Å². The second-order valence-corrected chi connectivity index (χ2v) is 7.34. The molecular formula is C19H23F3N4O. The van der Waals surface area contributed by atoms with E-state index in [1.807, 2.05) is 0 Å². The van der Waals surface area contributed by atoms with Crippen molar-refractivity contribution in [1.29, 1.82) is 5.41 Å². The predicted octanol–water partition coefficient (Wildman–Crippen LogP) is 3.35. The van der Waals surface area contributed by atoms with E-state index in [4.69, 9.17) is 10.1 Å². The quantitative estimate of drug-likeness (QED) is 0.869. The van der Waals surface area contributed by atoms with E-state index in [-0.39, 0.29) is 16.9 Å². The zero-order valence-electron chi connectivity index (χ0n) is 15.0. The Morgan fingerprint density at radius 1 is 1.04 bits per heavy atom. The highest BCUT2D eigenvalue weighted by atomic mass is 19.4. The average Bonchev–Trinajstić information content (AvgIpc) is 2.68. The van der Waals surface area contributed by atoms with Gasteiger partial charge in [0, 0.05) is 30.6 Å². The van der Waals surface area contributed by atoms with Gasteiger partial charge in [-0.25, -0.2) is 4.98 Å². The van der Waals surface area contributed by atoms with Gasteiger partial charge >= 0.3 is 6.18 Å². The molecule has 1 N–H and O–H groups in total. The summed E-state index contributed by atoms with van der Waals surface area (Å²) < 4.78 is 46.2. The van der Waals surface area contributed by atoms with E-state index in [2.05, 4.69) is 9.88 Å². The summed E-state index contributed by atoms with van der Waals surface area (Å²) in [6.07, 6.45) is 1.06. The van der Waals surface area contributed by atoms with Gasteiger partial charge in [0.05, 0.1) is 30.6 Å². The van der Waals surface area contributed by atoms with E-state index >= 15 is 0 Å². The first-order valence-electron chi connectivity index (χ1n) is 9.38. The first kappa shape index (κ1) is 18.4. The summed E-state index contributed by atoms with van der Waals surface area (Å²) in [6, 6.07) is 4.05. The van der Waals surface area contributed by atoms with Crippen LogP contribution in [0.2, 0.25) is 0 Å². The molecule has 1 saturated carbocycles. The molecule has 2 aliphatic rings. The number of alkyl halides is 3. The van der Waals surface area contributed by atoms with Gasteiger partial charge in [0.25, 0.3) is 0 Å². The summed E-state index contributed by atoms with van der Waals surface area (Å²) in [6.45, 7) is 3.48. The van der Waals surface area contributed by atoms with Crippen molar-refractivity contribution in [3.05, 3.63) is 35.6 Å². The van der Waals surface area contributed by atoms with Gasteiger partial charge in [0.2, 0.25) is 0 Å². The normalized spacial score (nSPS) is 25.0. The maximum absolute atomic E-state index is 13.0. The maximum atomic E-state index is 13.0. The number of fused-ring (bicyclic) bond motifs is 1. The third-order valence-electron chi connectivity index (χ3n) is 5.78. The average molecular weight is 380 g/mol. The first-order chi connectivity index (χ1) is 12.9. The van der Waals surface area contributed by atoms with Crippen LogP contribution in [0.15, 0.2) is 24.5 Å².